The summed E-state index contributed by atoms with van der Waals surface area (Å²) in [6.45, 7) is 4.17. The summed E-state index contributed by atoms with van der Waals surface area (Å²) in [4.78, 5) is 12.3. The molecule has 1 heterocycles. The number of nitrogens with one attached hydrogen (secondary N) is 1. The van der Waals surface area contributed by atoms with Crippen LogP contribution in [0.15, 0.2) is 35.5 Å². The lowest BCUT2D eigenvalue weighted by molar-refractivity contribution is -0.119. The van der Waals surface area contributed by atoms with Gasteiger partial charge in [-0.15, -0.1) is 10.2 Å². The summed E-state index contributed by atoms with van der Waals surface area (Å²) in [5.41, 5.74) is 0. The van der Waals surface area contributed by atoms with E-state index in [0.717, 1.165) is 23.2 Å². The van der Waals surface area contributed by atoms with Crippen molar-refractivity contribution in [3.63, 3.8) is 0 Å². The molecule has 7 heteroatoms. The van der Waals surface area contributed by atoms with Crippen molar-refractivity contribution in [3.05, 3.63) is 36.2 Å². The Morgan fingerprint density at radius 3 is 2.78 bits per heavy atom. The normalized spacial score (nSPS) is 20.9. The first-order chi connectivity index (χ1) is 13.0. The number of aromatic nitrogens is 3. The fraction of sp³-hybridized carbons (Fsp3) is 0.550. The molecule has 1 aliphatic carbocycles. The highest BCUT2D eigenvalue weighted by Gasteiger charge is 2.23. The number of carbonyl (C=O) groups excluding carboxylic acids is 1. The van der Waals surface area contributed by atoms with Gasteiger partial charge in [0.25, 0.3) is 0 Å². The number of hydrogen-bond acceptors (Lipinski definition) is 5. The van der Waals surface area contributed by atoms with Crippen LogP contribution in [0.2, 0.25) is 0 Å². The molecule has 1 aromatic carbocycles. The molecule has 0 radical (unpaired) electrons. The van der Waals surface area contributed by atoms with Crippen molar-refractivity contribution in [1.82, 2.24) is 20.1 Å². The van der Waals surface area contributed by atoms with Gasteiger partial charge < -0.3 is 14.6 Å². The molecule has 0 spiro atoms. The third kappa shape index (κ3) is 5.25. The summed E-state index contributed by atoms with van der Waals surface area (Å²) >= 11 is 1.41. The molecular weight excluding hydrogens is 360 g/mol. The van der Waals surface area contributed by atoms with Gasteiger partial charge in [-0.2, -0.15) is 0 Å². The van der Waals surface area contributed by atoms with Crippen molar-refractivity contribution in [3.8, 4) is 5.75 Å². The van der Waals surface area contributed by atoms with Crippen LogP contribution in [0.5, 0.6) is 5.75 Å². The van der Waals surface area contributed by atoms with E-state index in [2.05, 4.69) is 22.4 Å². The summed E-state index contributed by atoms with van der Waals surface area (Å²) in [6.07, 6.45) is 4.53. The topological polar surface area (TPSA) is 69.0 Å². The Kier molecular flexibility index (Phi) is 6.77. The molecule has 1 saturated carbocycles. The molecule has 0 bridgehead atoms. The summed E-state index contributed by atoms with van der Waals surface area (Å²) in [5.74, 6) is 2.51. The molecule has 1 fully saturated rings. The minimum atomic E-state index is -0.226. The smallest absolute Gasteiger partial charge is 0.230 e. The molecule has 6 nitrogen and oxygen atoms in total. The molecule has 3 unspecified atom stereocenters. The molecule has 0 aliphatic heterocycles. The zero-order valence-corrected chi connectivity index (χ0v) is 17.0. The van der Waals surface area contributed by atoms with E-state index in [4.69, 9.17) is 4.74 Å². The van der Waals surface area contributed by atoms with E-state index in [1.54, 1.807) is 0 Å². The standard InChI is InChI=1S/C20H28N4O2S/c1-14-9-7-8-12-17(14)21-18(25)13-27-20-23-22-19(24(20)3)15(2)26-16-10-5-4-6-11-16/h4-6,10-11,14-15,17H,7-9,12-13H2,1-3H3,(H,21,25). The van der Waals surface area contributed by atoms with Crippen LogP contribution in [-0.2, 0) is 11.8 Å². The first-order valence-electron chi connectivity index (χ1n) is 9.57. The van der Waals surface area contributed by atoms with Crippen LogP contribution in [0.25, 0.3) is 0 Å². The lowest BCUT2D eigenvalue weighted by atomic mass is 9.86. The van der Waals surface area contributed by atoms with E-state index >= 15 is 0 Å². The van der Waals surface area contributed by atoms with E-state index in [0.29, 0.717) is 17.7 Å². The number of carbonyl (C=O) groups is 1. The average Bonchev–Trinajstić information content (AvgIpc) is 3.03. The maximum atomic E-state index is 12.3. The summed E-state index contributed by atoms with van der Waals surface area (Å²) in [7, 11) is 1.91. The Labute approximate surface area is 165 Å². The van der Waals surface area contributed by atoms with Crippen molar-refractivity contribution >= 4 is 17.7 Å². The number of para-hydroxylation sites is 1. The minimum absolute atomic E-state index is 0.0666. The molecule has 1 aliphatic rings. The first kappa shape index (κ1) is 19.7. The maximum Gasteiger partial charge on any atom is 0.230 e. The van der Waals surface area contributed by atoms with Crippen molar-refractivity contribution in [2.45, 2.75) is 56.8 Å². The monoisotopic (exact) mass is 388 g/mol. The summed E-state index contributed by atoms with van der Waals surface area (Å²) < 4.78 is 7.82. The van der Waals surface area contributed by atoms with Crippen LogP contribution < -0.4 is 10.1 Å². The summed E-state index contributed by atoms with van der Waals surface area (Å²) in [5, 5.41) is 12.4. The molecule has 27 heavy (non-hydrogen) atoms. The van der Waals surface area contributed by atoms with E-state index in [1.807, 2.05) is 48.9 Å². The number of amides is 1. The van der Waals surface area contributed by atoms with Gasteiger partial charge in [0.15, 0.2) is 17.1 Å². The third-order valence-electron chi connectivity index (χ3n) is 5.08. The van der Waals surface area contributed by atoms with Gasteiger partial charge in [-0.05, 0) is 37.8 Å². The van der Waals surface area contributed by atoms with E-state index in [9.17, 15) is 4.79 Å². The Bertz CT molecular complexity index is 750. The number of thioether (sulfide) groups is 1. The van der Waals surface area contributed by atoms with E-state index < -0.39 is 0 Å². The number of benzene rings is 1. The Morgan fingerprint density at radius 1 is 1.30 bits per heavy atom. The van der Waals surface area contributed by atoms with Gasteiger partial charge in [0.1, 0.15) is 5.75 Å². The van der Waals surface area contributed by atoms with Gasteiger partial charge in [0.2, 0.25) is 5.91 Å². The second kappa shape index (κ2) is 9.26. The predicted octanol–water partition coefficient (Wildman–Crippen LogP) is 3.74. The zero-order chi connectivity index (χ0) is 19.2. The Morgan fingerprint density at radius 2 is 2.04 bits per heavy atom. The molecule has 146 valence electrons. The van der Waals surface area contributed by atoms with Gasteiger partial charge in [0.05, 0.1) is 5.75 Å². The highest BCUT2D eigenvalue weighted by molar-refractivity contribution is 7.99. The van der Waals surface area contributed by atoms with Crippen LogP contribution in [0.3, 0.4) is 0 Å². The van der Waals surface area contributed by atoms with Gasteiger partial charge in [-0.25, -0.2) is 0 Å². The zero-order valence-electron chi connectivity index (χ0n) is 16.2. The van der Waals surface area contributed by atoms with Crippen LogP contribution in [-0.4, -0.2) is 32.5 Å². The fourth-order valence-corrected chi connectivity index (χ4v) is 4.20. The molecule has 0 saturated heterocycles. The fourth-order valence-electron chi connectivity index (χ4n) is 3.47. The van der Waals surface area contributed by atoms with Crippen LogP contribution in [0.4, 0.5) is 0 Å². The van der Waals surface area contributed by atoms with Crippen molar-refractivity contribution in [2.75, 3.05) is 5.75 Å². The first-order valence-corrected chi connectivity index (χ1v) is 10.6. The van der Waals surface area contributed by atoms with Gasteiger partial charge in [-0.3, -0.25) is 4.79 Å². The Hall–Kier alpha value is -2.02. The van der Waals surface area contributed by atoms with Crippen molar-refractivity contribution in [1.29, 1.82) is 0 Å². The molecule has 3 rings (SSSR count). The second-order valence-corrected chi connectivity index (χ2v) is 8.14. The lowest BCUT2D eigenvalue weighted by Crippen LogP contribution is -2.41. The quantitative estimate of drug-likeness (QED) is 0.732. The molecule has 3 atom stereocenters. The molecule has 1 N–H and O–H groups in total. The lowest BCUT2D eigenvalue weighted by Gasteiger charge is -2.29. The maximum absolute atomic E-state index is 12.3. The van der Waals surface area contributed by atoms with Gasteiger partial charge >= 0.3 is 0 Å². The van der Waals surface area contributed by atoms with E-state index in [1.165, 1.54) is 31.0 Å². The molecular formula is C20H28N4O2S. The number of nitrogens with zero attached hydrogens (tertiary/aromatic N) is 3. The van der Waals surface area contributed by atoms with Gasteiger partial charge in [-0.1, -0.05) is 49.7 Å². The third-order valence-corrected chi connectivity index (χ3v) is 6.10. The largest absolute Gasteiger partial charge is 0.483 e. The van der Waals surface area contributed by atoms with Crippen LogP contribution >= 0.6 is 11.8 Å². The van der Waals surface area contributed by atoms with Crippen molar-refractivity contribution in [2.24, 2.45) is 13.0 Å². The second-order valence-electron chi connectivity index (χ2n) is 7.20. The minimum Gasteiger partial charge on any atom is -0.483 e. The SMILES string of the molecule is CC(Oc1ccccc1)c1nnc(SCC(=O)NC2CCCCC2C)n1C. The Balaban J connectivity index is 1.53. The van der Waals surface area contributed by atoms with Crippen molar-refractivity contribution < 1.29 is 9.53 Å². The highest BCUT2D eigenvalue weighted by Crippen LogP contribution is 2.25. The van der Waals surface area contributed by atoms with E-state index in [-0.39, 0.29) is 12.0 Å². The molecule has 2 aromatic rings. The van der Waals surface area contributed by atoms with Gasteiger partial charge in [0, 0.05) is 13.1 Å². The summed E-state index contributed by atoms with van der Waals surface area (Å²) in [6, 6.07) is 9.96. The number of hydrogen-bond donors (Lipinski definition) is 1. The molecule has 1 aromatic heterocycles. The number of ether oxygens (including phenoxy) is 1. The number of rotatable bonds is 7. The molecule has 1 amide bonds. The highest BCUT2D eigenvalue weighted by atomic mass is 32.2. The van der Waals surface area contributed by atoms with Crippen LogP contribution in [0, 0.1) is 5.92 Å². The average molecular weight is 389 g/mol. The van der Waals surface area contributed by atoms with Crippen LogP contribution in [0.1, 0.15) is 51.5 Å². The predicted molar refractivity (Wildman–Crippen MR) is 107 cm³/mol.